The molecule has 0 fully saturated rings. The fraction of sp³-hybridized carbons (Fsp3) is 0.250. The van der Waals surface area contributed by atoms with Gasteiger partial charge < -0.3 is 0 Å². The van der Waals surface area contributed by atoms with Gasteiger partial charge in [0.25, 0.3) is 0 Å². The summed E-state index contributed by atoms with van der Waals surface area (Å²) in [5.41, 5.74) is 1.34. The molecule has 2 aliphatic carbocycles. The predicted molar refractivity (Wildman–Crippen MR) is 69.4 cm³/mol. The van der Waals surface area contributed by atoms with Gasteiger partial charge in [-0.3, -0.25) is 12.2 Å². The van der Waals surface area contributed by atoms with Crippen LogP contribution in [0.5, 0.6) is 0 Å². The third-order valence-electron chi connectivity index (χ3n) is 1.46. The monoisotopic (exact) mass is 320 g/mol. The molecule has 0 nitrogen and oxygen atoms in total. The SMILES string of the molecule is CC1=CC[C-]=C1.Cl.Cl.[C-]1=CC=CC1.[CH2]=[Zr+2]. The Balaban J connectivity index is -0.000000149. The van der Waals surface area contributed by atoms with Crippen molar-refractivity contribution in [3.05, 3.63) is 48.1 Å². The van der Waals surface area contributed by atoms with Crippen LogP contribution in [0.15, 0.2) is 36.0 Å². The molecule has 82 valence electrons. The summed E-state index contributed by atoms with van der Waals surface area (Å²) < 4.78 is 3.34. The van der Waals surface area contributed by atoms with E-state index in [1.54, 1.807) is 0 Å². The number of allylic oxidation sites excluding steroid dienone is 8. The molecule has 0 spiro atoms. The van der Waals surface area contributed by atoms with Crippen molar-refractivity contribution in [1.82, 2.24) is 0 Å². The zero-order valence-corrected chi connectivity index (χ0v) is 12.9. The summed E-state index contributed by atoms with van der Waals surface area (Å²) in [6.45, 7) is 2.08. The van der Waals surface area contributed by atoms with Crippen molar-refractivity contribution in [2.45, 2.75) is 19.8 Å². The van der Waals surface area contributed by atoms with Crippen molar-refractivity contribution in [2.75, 3.05) is 0 Å². The van der Waals surface area contributed by atoms with E-state index in [0.29, 0.717) is 0 Å². The van der Waals surface area contributed by atoms with Crippen LogP contribution in [0.25, 0.3) is 0 Å². The first-order chi connectivity index (χ1) is 6.39. The molecule has 0 atom stereocenters. The van der Waals surface area contributed by atoms with Gasteiger partial charge in [0.05, 0.1) is 0 Å². The van der Waals surface area contributed by atoms with Crippen molar-refractivity contribution < 1.29 is 24.2 Å². The van der Waals surface area contributed by atoms with E-state index in [0.717, 1.165) is 12.8 Å². The number of rotatable bonds is 0. The van der Waals surface area contributed by atoms with Crippen molar-refractivity contribution >= 4 is 29.0 Å². The molecule has 15 heavy (non-hydrogen) atoms. The van der Waals surface area contributed by atoms with Crippen LogP contribution in [0.2, 0.25) is 0 Å². The summed E-state index contributed by atoms with van der Waals surface area (Å²) in [6, 6.07) is 0. The van der Waals surface area contributed by atoms with Crippen LogP contribution >= 0.6 is 24.8 Å². The molecule has 0 amide bonds. The molecular weight excluding hydrogens is 306 g/mol. The second kappa shape index (κ2) is 16.7. The topological polar surface area (TPSA) is 0 Å². The molecule has 0 radical (unpaired) electrons. The number of hydrogen-bond donors (Lipinski definition) is 0. The minimum absolute atomic E-state index is 0. The fourth-order valence-corrected chi connectivity index (χ4v) is 0.839. The van der Waals surface area contributed by atoms with Crippen molar-refractivity contribution in [3.8, 4) is 0 Å². The molecule has 0 bridgehead atoms. The van der Waals surface area contributed by atoms with E-state index >= 15 is 0 Å². The standard InChI is InChI=1S/C6H7.C5H5.CH2.2ClH.Zr/c1-6-4-2-3-5-6;1-2-4-5-3-1;;;;/h4-5H,2H2,1H3;1-3H,4H2;1H2;2*1H;/q2*-1;;;;+2. The Hall–Kier alpha value is 0.293. The Kier molecular flexibility index (Phi) is 23.0. The summed E-state index contributed by atoms with van der Waals surface area (Å²) in [5, 5.41) is 0. The molecule has 0 aromatic carbocycles. The third-order valence-corrected chi connectivity index (χ3v) is 1.46. The third kappa shape index (κ3) is 14.3. The van der Waals surface area contributed by atoms with E-state index < -0.39 is 0 Å². The summed E-state index contributed by atoms with van der Waals surface area (Å²) in [6.07, 6.45) is 18.2. The van der Waals surface area contributed by atoms with E-state index in [-0.39, 0.29) is 24.8 Å². The Bertz CT molecular complexity index is 227. The maximum atomic E-state index is 3.34. The van der Waals surface area contributed by atoms with Gasteiger partial charge in [0.1, 0.15) is 0 Å². The van der Waals surface area contributed by atoms with E-state index in [2.05, 4.69) is 35.4 Å². The quantitative estimate of drug-likeness (QED) is 0.595. The average molecular weight is 322 g/mol. The van der Waals surface area contributed by atoms with E-state index in [1.807, 2.05) is 18.2 Å². The van der Waals surface area contributed by atoms with E-state index in [9.17, 15) is 0 Å². The molecule has 0 saturated heterocycles. The number of halogens is 2. The van der Waals surface area contributed by atoms with Gasteiger partial charge in [0.15, 0.2) is 0 Å². The van der Waals surface area contributed by atoms with Gasteiger partial charge in [-0.15, -0.1) is 44.6 Å². The summed E-state index contributed by atoms with van der Waals surface area (Å²) in [7, 11) is 0. The molecule has 0 aromatic heterocycles. The molecule has 0 aliphatic heterocycles. The zero-order valence-electron chi connectivity index (χ0n) is 8.82. The van der Waals surface area contributed by atoms with Gasteiger partial charge in [0.2, 0.25) is 0 Å². The van der Waals surface area contributed by atoms with E-state index in [1.165, 1.54) is 29.8 Å². The van der Waals surface area contributed by atoms with Gasteiger partial charge in [-0.1, -0.05) is 0 Å². The number of hydrogen-bond acceptors (Lipinski definition) is 0. The first-order valence-corrected chi connectivity index (χ1v) is 5.94. The summed E-state index contributed by atoms with van der Waals surface area (Å²) in [5.74, 6) is 0. The van der Waals surface area contributed by atoms with Gasteiger partial charge >= 0.3 is 28.4 Å². The van der Waals surface area contributed by atoms with Gasteiger partial charge in [0, 0.05) is 0 Å². The molecule has 0 N–H and O–H groups in total. The molecule has 0 aromatic rings. The second-order valence-corrected chi connectivity index (χ2v) is 2.50. The Morgan fingerprint density at radius 3 is 2.00 bits per heavy atom. The van der Waals surface area contributed by atoms with Gasteiger partial charge in [-0.05, 0) is 0 Å². The van der Waals surface area contributed by atoms with Gasteiger partial charge in [-0.2, -0.15) is 12.2 Å². The minimum atomic E-state index is 0. The molecule has 0 saturated carbocycles. The van der Waals surface area contributed by atoms with Crippen LogP contribution in [0.3, 0.4) is 0 Å². The molecule has 2 aliphatic rings. The first-order valence-electron chi connectivity index (χ1n) is 4.20. The Labute approximate surface area is 120 Å². The summed E-state index contributed by atoms with van der Waals surface area (Å²) >= 11 is 1.30. The predicted octanol–water partition coefficient (Wildman–Crippen LogP) is 3.81. The van der Waals surface area contributed by atoms with Crippen LogP contribution in [0.4, 0.5) is 0 Å². The van der Waals surface area contributed by atoms with Crippen molar-refractivity contribution in [3.63, 3.8) is 0 Å². The molecule has 2 rings (SSSR count). The molecular formula is C12H16Cl2Zr. The normalized spacial score (nSPS) is 13.7. The first kappa shape index (κ1) is 20.7. The zero-order chi connectivity index (χ0) is 9.94. The molecule has 0 heterocycles. The van der Waals surface area contributed by atoms with Crippen LogP contribution in [-0.2, 0) is 24.2 Å². The Morgan fingerprint density at radius 1 is 1.20 bits per heavy atom. The second-order valence-electron chi connectivity index (χ2n) is 2.50. The fourth-order valence-electron chi connectivity index (χ4n) is 0.839. The Morgan fingerprint density at radius 2 is 1.87 bits per heavy atom. The van der Waals surface area contributed by atoms with Crippen LogP contribution < -0.4 is 0 Å². The van der Waals surface area contributed by atoms with Gasteiger partial charge in [-0.25, -0.2) is 23.8 Å². The van der Waals surface area contributed by atoms with Crippen molar-refractivity contribution in [1.29, 1.82) is 0 Å². The van der Waals surface area contributed by atoms with E-state index in [4.69, 9.17) is 0 Å². The maximum absolute atomic E-state index is 3.34. The van der Waals surface area contributed by atoms with Crippen LogP contribution in [0.1, 0.15) is 19.8 Å². The molecule has 3 heteroatoms. The average Bonchev–Trinajstić information content (AvgIpc) is 2.81. The van der Waals surface area contributed by atoms with Crippen LogP contribution in [0, 0.1) is 12.2 Å². The van der Waals surface area contributed by atoms with Crippen molar-refractivity contribution in [2.24, 2.45) is 0 Å². The summed E-state index contributed by atoms with van der Waals surface area (Å²) in [4.78, 5) is 0. The molecule has 0 unspecified atom stereocenters. The van der Waals surface area contributed by atoms with Crippen LogP contribution in [-0.4, -0.2) is 4.21 Å².